The highest BCUT2D eigenvalue weighted by Gasteiger charge is 2.08. The summed E-state index contributed by atoms with van der Waals surface area (Å²) >= 11 is 0. The lowest BCUT2D eigenvalue weighted by molar-refractivity contribution is -0.136. The molecule has 0 bridgehead atoms. The smallest absolute Gasteiger partial charge is 0.333 e. The van der Waals surface area contributed by atoms with E-state index >= 15 is 0 Å². The number of hydrogen-bond acceptors (Lipinski definition) is 2. The Kier molecular flexibility index (Phi) is 3.92. The fourth-order valence-corrected chi connectivity index (χ4v) is 1.24. The molecule has 2 heteroatoms. The maximum Gasteiger partial charge on any atom is 0.333 e. The van der Waals surface area contributed by atoms with Gasteiger partial charge in [-0.25, -0.2) is 4.79 Å². The molecule has 0 saturated heterocycles. The SMILES string of the molecule is C/C=C(/Cc1ccccc1)C(=O)OC. The summed E-state index contributed by atoms with van der Waals surface area (Å²) in [6, 6.07) is 9.86. The zero-order chi connectivity index (χ0) is 10.4. The van der Waals surface area contributed by atoms with Crippen molar-refractivity contribution in [3.8, 4) is 0 Å². The van der Waals surface area contributed by atoms with Gasteiger partial charge in [-0.2, -0.15) is 0 Å². The van der Waals surface area contributed by atoms with E-state index in [1.807, 2.05) is 37.3 Å². The van der Waals surface area contributed by atoms with Gasteiger partial charge < -0.3 is 4.74 Å². The van der Waals surface area contributed by atoms with Crippen LogP contribution in [0.15, 0.2) is 42.0 Å². The second-order valence-electron chi connectivity index (χ2n) is 2.97. The zero-order valence-electron chi connectivity index (χ0n) is 8.49. The van der Waals surface area contributed by atoms with Crippen molar-refractivity contribution < 1.29 is 9.53 Å². The first-order valence-electron chi connectivity index (χ1n) is 4.55. The van der Waals surface area contributed by atoms with E-state index < -0.39 is 0 Å². The third kappa shape index (κ3) is 2.73. The zero-order valence-corrected chi connectivity index (χ0v) is 8.49. The number of carbonyl (C=O) groups is 1. The first kappa shape index (κ1) is 10.5. The molecule has 0 aliphatic heterocycles. The van der Waals surface area contributed by atoms with Gasteiger partial charge in [-0.1, -0.05) is 36.4 Å². The molecule has 0 aliphatic rings. The van der Waals surface area contributed by atoms with Crippen molar-refractivity contribution in [2.75, 3.05) is 7.11 Å². The Balaban J connectivity index is 2.73. The molecule has 1 aromatic carbocycles. The maximum atomic E-state index is 11.3. The van der Waals surface area contributed by atoms with Crippen LogP contribution in [0.25, 0.3) is 0 Å². The quantitative estimate of drug-likeness (QED) is 0.540. The average molecular weight is 190 g/mol. The number of esters is 1. The lowest BCUT2D eigenvalue weighted by Gasteiger charge is -2.04. The Labute approximate surface area is 84.2 Å². The molecule has 0 aliphatic carbocycles. The van der Waals surface area contributed by atoms with E-state index in [4.69, 9.17) is 0 Å². The highest BCUT2D eigenvalue weighted by Crippen LogP contribution is 2.08. The van der Waals surface area contributed by atoms with Gasteiger partial charge in [0.05, 0.1) is 7.11 Å². The van der Waals surface area contributed by atoms with Crippen LogP contribution in [0.3, 0.4) is 0 Å². The number of benzene rings is 1. The number of rotatable bonds is 3. The van der Waals surface area contributed by atoms with Gasteiger partial charge in [-0.15, -0.1) is 0 Å². The van der Waals surface area contributed by atoms with E-state index in [0.29, 0.717) is 12.0 Å². The Bertz CT molecular complexity index is 325. The lowest BCUT2D eigenvalue weighted by atomic mass is 10.1. The van der Waals surface area contributed by atoms with Gasteiger partial charge in [0, 0.05) is 12.0 Å². The summed E-state index contributed by atoms with van der Waals surface area (Å²) in [6.45, 7) is 1.84. The van der Waals surface area contributed by atoms with Gasteiger partial charge in [-0.3, -0.25) is 0 Å². The molecule has 1 rings (SSSR count). The van der Waals surface area contributed by atoms with Gasteiger partial charge in [0.2, 0.25) is 0 Å². The maximum absolute atomic E-state index is 11.3. The predicted octanol–water partition coefficient (Wildman–Crippen LogP) is 2.35. The molecule has 0 heterocycles. The van der Waals surface area contributed by atoms with Crippen molar-refractivity contribution in [1.29, 1.82) is 0 Å². The molecule has 0 amide bonds. The predicted molar refractivity (Wildman–Crippen MR) is 55.9 cm³/mol. The molecule has 2 nitrogen and oxygen atoms in total. The summed E-state index contributed by atoms with van der Waals surface area (Å²) < 4.78 is 4.67. The van der Waals surface area contributed by atoms with Crippen molar-refractivity contribution in [2.45, 2.75) is 13.3 Å². The monoisotopic (exact) mass is 190 g/mol. The van der Waals surface area contributed by atoms with E-state index in [1.54, 1.807) is 6.08 Å². The first-order chi connectivity index (χ1) is 6.77. The van der Waals surface area contributed by atoms with Crippen LogP contribution in [-0.4, -0.2) is 13.1 Å². The summed E-state index contributed by atoms with van der Waals surface area (Å²) in [4.78, 5) is 11.3. The van der Waals surface area contributed by atoms with E-state index in [1.165, 1.54) is 7.11 Å². The number of carbonyl (C=O) groups excluding carboxylic acids is 1. The van der Waals surface area contributed by atoms with Gasteiger partial charge in [-0.05, 0) is 12.5 Å². The van der Waals surface area contributed by atoms with Gasteiger partial charge in [0.1, 0.15) is 0 Å². The number of hydrogen-bond donors (Lipinski definition) is 0. The van der Waals surface area contributed by atoms with Gasteiger partial charge in [0.25, 0.3) is 0 Å². The third-order valence-electron chi connectivity index (χ3n) is 2.03. The van der Waals surface area contributed by atoms with E-state index in [-0.39, 0.29) is 5.97 Å². The fraction of sp³-hybridized carbons (Fsp3) is 0.250. The molecule has 0 fully saturated rings. The molecule has 74 valence electrons. The largest absolute Gasteiger partial charge is 0.466 e. The molecule has 1 aromatic rings. The molecule has 0 unspecified atom stereocenters. The first-order valence-corrected chi connectivity index (χ1v) is 4.55. The number of ether oxygens (including phenoxy) is 1. The molecule has 0 aromatic heterocycles. The van der Waals surface area contributed by atoms with Crippen LogP contribution in [0.1, 0.15) is 12.5 Å². The molecule has 0 spiro atoms. The molecule has 0 saturated carbocycles. The van der Waals surface area contributed by atoms with Gasteiger partial charge >= 0.3 is 5.97 Å². The third-order valence-corrected chi connectivity index (χ3v) is 2.03. The number of allylic oxidation sites excluding steroid dienone is 1. The summed E-state index contributed by atoms with van der Waals surface area (Å²) in [5, 5.41) is 0. The van der Waals surface area contributed by atoms with E-state index in [2.05, 4.69) is 4.74 Å². The topological polar surface area (TPSA) is 26.3 Å². The van der Waals surface area contributed by atoms with Crippen molar-refractivity contribution >= 4 is 5.97 Å². The Hall–Kier alpha value is -1.57. The molecule has 14 heavy (non-hydrogen) atoms. The fourth-order valence-electron chi connectivity index (χ4n) is 1.24. The minimum atomic E-state index is -0.253. The van der Waals surface area contributed by atoms with Crippen LogP contribution in [-0.2, 0) is 16.0 Å². The Morgan fingerprint density at radius 3 is 2.50 bits per heavy atom. The molecular weight excluding hydrogens is 176 g/mol. The minimum absolute atomic E-state index is 0.253. The second-order valence-corrected chi connectivity index (χ2v) is 2.97. The van der Waals surface area contributed by atoms with Crippen LogP contribution >= 0.6 is 0 Å². The summed E-state index contributed by atoms with van der Waals surface area (Å²) in [6.07, 6.45) is 2.42. The van der Waals surface area contributed by atoms with Crippen LogP contribution in [0.2, 0.25) is 0 Å². The molecule has 0 atom stereocenters. The summed E-state index contributed by atoms with van der Waals surface area (Å²) in [7, 11) is 1.40. The van der Waals surface area contributed by atoms with E-state index in [0.717, 1.165) is 5.56 Å². The number of methoxy groups -OCH3 is 1. The molecular formula is C12H14O2. The molecule has 0 radical (unpaired) electrons. The summed E-state index contributed by atoms with van der Waals surface area (Å²) in [5.41, 5.74) is 1.81. The minimum Gasteiger partial charge on any atom is -0.466 e. The Morgan fingerprint density at radius 2 is 2.00 bits per heavy atom. The van der Waals surface area contributed by atoms with E-state index in [9.17, 15) is 4.79 Å². The highest BCUT2D eigenvalue weighted by atomic mass is 16.5. The van der Waals surface area contributed by atoms with Crippen molar-refractivity contribution in [2.24, 2.45) is 0 Å². The van der Waals surface area contributed by atoms with Crippen molar-refractivity contribution in [1.82, 2.24) is 0 Å². The normalized spacial score (nSPS) is 11.1. The molecule has 0 N–H and O–H groups in total. The highest BCUT2D eigenvalue weighted by molar-refractivity contribution is 5.88. The van der Waals surface area contributed by atoms with Gasteiger partial charge in [0.15, 0.2) is 0 Å². The standard InChI is InChI=1S/C12H14O2/c1-3-11(12(13)14-2)9-10-7-5-4-6-8-10/h3-8H,9H2,1-2H3/b11-3-. The van der Waals surface area contributed by atoms with Crippen molar-refractivity contribution in [3.05, 3.63) is 47.5 Å². The van der Waals surface area contributed by atoms with Crippen LogP contribution in [0.5, 0.6) is 0 Å². The lowest BCUT2D eigenvalue weighted by Crippen LogP contribution is -2.06. The van der Waals surface area contributed by atoms with Crippen LogP contribution < -0.4 is 0 Å². The summed E-state index contributed by atoms with van der Waals surface area (Å²) in [5.74, 6) is -0.253. The van der Waals surface area contributed by atoms with Crippen molar-refractivity contribution in [3.63, 3.8) is 0 Å². The Morgan fingerprint density at radius 1 is 1.36 bits per heavy atom. The average Bonchev–Trinajstić information content (AvgIpc) is 2.26. The van der Waals surface area contributed by atoms with Crippen LogP contribution in [0, 0.1) is 0 Å². The van der Waals surface area contributed by atoms with Crippen LogP contribution in [0.4, 0.5) is 0 Å². The second kappa shape index (κ2) is 5.22.